The molecule has 4 N–H and O–H groups in total. The number of methoxy groups -OCH3 is 1. The van der Waals surface area contributed by atoms with E-state index in [1.807, 2.05) is 0 Å². The number of allylic oxidation sites excluding steroid dienone is 2. The lowest BCUT2D eigenvalue weighted by Crippen LogP contribution is -2.40. The maximum Gasteiger partial charge on any atom is 0.416 e. The normalized spacial score (nSPS) is 31.8. The van der Waals surface area contributed by atoms with Gasteiger partial charge in [0.05, 0.1) is 29.4 Å². The van der Waals surface area contributed by atoms with Crippen molar-refractivity contribution in [3.8, 4) is 0 Å². The van der Waals surface area contributed by atoms with Gasteiger partial charge in [-0.3, -0.25) is 9.50 Å². The summed E-state index contributed by atoms with van der Waals surface area (Å²) >= 11 is 0. The topological polar surface area (TPSA) is 120 Å². The van der Waals surface area contributed by atoms with Gasteiger partial charge >= 0.3 is 16.5 Å². The average Bonchev–Trinajstić information content (AvgIpc) is 3.39. The fraction of sp³-hybridized carbons (Fsp3) is 0.667. The summed E-state index contributed by atoms with van der Waals surface area (Å²) in [4.78, 5) is 0. The summed E-state index contributed by atoms with van der Waals surface area (Å²) in [6.07, 6.45) is 1.55. The van der Waals surface area contributed by atoms with Crippen LogP contribution in [0.25, 0.3) is 0 Å². The first-order chi connectivity index (χ1) is 15.9. The van der Waals surface area contributed by atoms with E-state index in [1.165, 1.54) is 19.3 Å². The molecule has 34 heavy (non-hydrogen) atoms. The van der Waals surface area contributed by atoms with Crippen molar-refractivity contribution in [2.75, 3.05) is 25.6 Å². The van der Waals surface area contributed by atoms with Crippen LogP contribution in [0, 0.1) is 5.92 Å². The average molecular weight is 506 g/mol. The minimum absolute atomic E-state index is 0.0541. The van der Waals surface area contributed by atoms with Crippen LogP contribution < -0.4 is 15.8 Å². The van der Waals surface area contributed by atoms with Gasteiger partial charge < -0.3 is 10.1 Å². The largest absolute Gasteiger partial charge is 0.416 e. The van der Waals surface area contributed by atoms with Gasteiger partial charge in [-0.05, 0) is 32.1 Å². The molecule has 1 aromatic rings. The summed E-state index contributed by atoms with van der Waals surface area (Å²) in [5.74, 6) is 0.796. The number of alkyl halides is 3. The van der Waals surface area contributed by atoms with Crippen molar-refractivity contribution >= 4 is 16.1 Å². The zero-order valence-corrected chi connectivity index (χ0v) is 19.8. The van der Waals surface area contributed by atoms with Crippen molar-refractivity contribution in [2.24, 2.45) is 11.1 Å². The summed E-state index contributed by atoms with van der Waals surface area (Å²) in [7, 11) is -2.50. The van der Waals surface area contributed by atoms with Crippen LogP contribution >= 0.6 is 0 Å². The lowest BCUT2D eigenvalue weighted by molar-refractivity contribution is -0.0897. The molecular formula is C21H30F3N5O4S. The van der Waals surface area contributed by atoms with Crippen LogP contribution in [-0.2, 0) is 24.6 Å². The van der Waals surface area contributed by atoms with Gasteiger partial charge in [0, 0.05) is 32.2 Å². The Bertz CT molecular complexity index is 1070. The summed E-state index contributed by atoms with van der Waals surface area (Å²) in [6.45, 7) is 2.43. The molecule has 2 heterocycles. The molecule has 0 spiro atoms. The fourth-order valence-electron chi connectivity index (χ4n) is 5.04. The minimum atomic E-state index is -4.47. The van der Waals surface area contributed by atoms with Crippen molar-refractivity contribution in [1.82, 2.24) is 15.1 Å². The number of fused-ring (bicyclic) bond motifs is 1. The van der Waals surface area contributed by atoms with E-state index >= 15 is 0 Å². The smallest absolute Gasteiger partial charge is 0.376 e. The Labute approximate surface area is 196 Å². The van der Waals surface area contributed by atoms with E-state index in [0.717, 1.165) is 37.6 Å². The van der Waals surface area contributed by atoms with Crippen molar-refractivity contribution in [2.45, 2.75) is 62.5 Å². The number of hydrogen-bond donors (Lipinski definition) is 3. The molecule has 190 valence electrons. The molecule has 0 bridgehead atoms. The second kappa shape index (κ2) is 9.26. The number of nitrogens with two attached hydrogens (primary N) is 1. The molecule has 5 atom stereocenters. The first-order valence-electron chi connectivity index (χ1n) is 11.2. The number of hydrogen-bond acceptors (Lipinski definition) is 7. The van der Waals surface area contributed by atoms with Crippen molar-refractivity contribution in [3.05, 3.63) is 35.6 Å². The first-order valence-corrected chi connectivity index (χ1v) is 12.6. The molecule has 13 heteroatoms. The van der Waals surface area contributed by atoms with Gasteiger partial charge in [-0.25, -0.2) is 9.82 Å². The van der Waals surface area contributed by atoms with Crippen molar-refractivity contribution in [3.63, 3.8) is 0 Å². The third-order valence-corrected chi connectivity index (χ3v) is 7.29. The zero-order valence-electron chi connectivity index (χ0n) is 19.0. The predicted octanol–water partition coefficient (Wildman–Crippen LogP) is 2.51. The predicted molar refractivity (Wildman–Crippen MR) is 119 cm³/mol. The van der Waals surface area contributed by atoms with Crippen LogP contribution in [-0.4, -0.2) is 56.8 Å². The highest BCUT2D eigenvalue weighted by molar-refractivity contribution is 7.84. The molecule has 4 rings (SSSR count). The molecule has 0 saturated heterocycles. The van der Waals surface area contributed by atoms with Gasteiger partial charge in [0.1, 0.15) is 12.0 Å². The van der Waals surface area contributed by atoms with E-state index in [1.54, 1.807) is 17.7 Å². The zero-order chi connectivity index (χ0) is 24.7. The van der Waals surface area contributed by atoms with Gasteiger partial charge in [-0.15, -0.1) is 0 Å². The van der Waals surface area contributed by atoms with Gasteiger partial charge in [0.25, 0.3) is 0 Å². The Balaban J connectivity index is 1.52. The lowest BCUT2D eigenvalue weighted by Gasteiger charge is -2.34. The molecule has 3 aliphatic rings. The number of ether oxygens (including phenoxy) is 1. The highest BCUT2D eigenvalue weighted by Crippen LogP contribution is 2.41. The van der Waals surface area contributed by atoms with E-state index in [2.05, 4.69) is 10.6 Å². The molecule has 5 unspecified atom stereocenters. The van der Waals surface area contributed by atoms with Gasteiger partial charge in [-0.1, -0.05) is 18.2 Å². The second-order valence-electron chi connectivity index (χ2n) is 9.31. The summed E-state index contributed by atoms with van der Waals surface area (Å²) in [6, 6.07) is 1.91. The van der Waals surface area contributed by atoms with E-state index < -0.39 is 33.6 Å². The maximum atomic E-state index is 13.4. The van der Waals surface area contributed by atoms with E-state index in [4.69, 9.17) is 19.2 Å². The Hall–Kier alpha value is -1.93. The van der Waals surface area contributed by atoms with Gasteiger partial charge in [0.15, 0.2) is 0 Å². The van der Waals surface area contributed by atoms with Gasteiger partial charge in [-0.2, -0.15) is 26.7 Å². The number of nitrogens with zero attached hydrogens (tertiary/aromatic N) is 2. The number of anilines is 1. The molecular weight excluding hydrogens is 475 g/mol. The number of nitrogens with one attached hydrogen (secondary N) is 2. The molecule has 9 nitrogen and oxygen atoms in total. The van der Waals surface area contributed by atoms with E-state index in [0.29, 0.717) is 12.2 Å². The first kappa shape index (κ1) is 25.2. The third-order valence-electron chi connectivity index (χ3n) is 6.82. The lowest BCUT2D eigenvalue weighted by atomic mass is 9.76. The molecule has 0 amide bonds. The van der Waals surface area contributed by atoms with Gasteiger partial charge in [0.2, 0.25) is 0 Å². The van der Waals surface area contributed by atoms with Crippen LogP contribution in [0.2, 0.25) is 0 Å². The Morgan fingerprint density at radius 3 is 2.79 bits per heavy atom. The minimum Gasteiger partial charge on any atom is -0.376 e. The molecule has 0 aromatic carbocycles. The van der Waals surface area contributed by atoms with Crippen LogP contribution in [0.4, 0.5) is 19.0 Å². The molecule has 1 fully saturated rings. The monoisotopic (exact) mass is 505 g/mol. The Morgan fingerprint density at radius 1 is 1.35 bits per heavy atom. The molecule has 1 aliphatic heterocycles. The van der Waals surface area contributed by atoms with Crippen LogP contribution in [0.15, 0.2) is 29.9 Å². The Morgan fingerprint density at radius 2 is 2.12 bits per heavy atom. The summed E-state index contributed by atoms with van der Waals surface area (Å²) < 4.78 is 74.4. The van der Waals surface area contributed by atoms with Crippen LogP contribution in [0.3, 0.4) is 0 Å². The standard InChI is InChI=1S/C21H30F3N5O4S/c1-20(11-14(21(22,23)24)4-6-17(20)32-2)16-10-19-26-8-7-18(29(19)28-16)27-15-5-3-13(9-15)12-33-34(25,30)31/h4,6,10-11,13,15,17-18,26-27H,3,5,7-9,12H2,1-2H3,(H2,25,30,31). The molecule has 0 radical (unpaired) electrons. The number of aromatic nitrogens is 2. The summed E-state index contributed by atoms with van der Waals surface area (Å²) in [5.41, 5.74) is -1.35. The quantitative estimate of drug-likeness (QED) is 0.521. The van der Waals surface area contributed by atoms with Crippen LogP contribution in [0.1, 0.15) is 44.5 Å². The molecule has 1 saturated carbocycles. The molecule has 1 aromatic heterocycles. The summed E-state index contributed by atoms with van der Waals surface area (Å²) in [5, 5.41) is 16.5. The highest BCUT2D eigenvalue weighted by atomic mass is 32.2. The van der Waals surface area contributed by atoms with Crippen molar-refractivity contribution in [1.29, 1.82) is 0 Å². The maximum absolute atomic E-state index is 13.4. The fourth-order valence-corrected chi connectivity index (χ4v) is 5.43. The van der Waals surface area contributed by atoms with E-state index in [9.17, 15) is 21.6 Å². The second-order valence-corrected chi connectivity index (χ2v) is 10.5. The number of rotatable bonds is 7. The van der Waals surface area contributed by atoms with E-state index in [-0.39, 0.29) is 24.7 Å². The third kappa shape index (κ3) is 5.33. The SMILES string of the molecule is COC1C=CC(C(F)(F)F)=CC1(C)c1cc2n(n1)C(NC1CCC(COS(N)(=O)=O)C1)CCN2. The molecule has 2 aliphatic carbocycles. The Kier molecular flexibility index (Phi) is 6.86. The highest BCUT2D eigenvalue weighted by Gasteiger charge is 2.44. The van der Waals surface area contributed by atoms with Crippen molar-refractivity contribution < 1.29 is 30.5 Å². The number of halogens is 3. The van der Waals surface area contributed by atoms with Crippen LogP contribution in [0.5, 0.6) is 0 Å².